The highest BCUT2D eigenvalue weighted by atomic mass is 32.2. The van der Waals surface area contributed by atoms with Crippen LogP contribution >= 0.6 is 11.8 Å². The van der Waals surface area contributed by atoms with Crippen molar-refractivity contribution in [3.05, 3.63) is 122 Å². The summed E-state index contributed by atoms with van der Waals surface area (Å²) in [6.45, 7) is 2.21. The average molecular weight is 639 g/mol. The van der Waals surface area contributed by atoms with Crippen LogP contribution in [-0.2, 0) is 19.0 Å². The number of carboxylic acid groups (broad SMARTS) is 1. The van der Waals surface area contributed by atoms with E-state index in [9.17, 15) is 33.0 Å². The molecule has 5 nitrogen and oxygen atoms in total. The van der Waals surface area contributed by atoms with Gasteiger partial charge in [-0.15, -0.1) is 0 Å². The SMILES string of the molecule is CCCCCCCCCc1ccc(CC=C(Sc2ccc3c(=O)c(C(=O)O)coc3c2)[C@@H](O)c2cccc(C(F)(F)F)c2)cc1. The largest absolute Gasteiger partial charge is 0.477 e. The normalized spacial score (nSPS) is 12.9. The van der Waals surface area contributed by atoms with Crippen molar-refractivity contribution < 1.29 is 32.6 Å². The summed E-state index contributed by atoms with van der Waals surface area (Å²) >= 11 is 1.13. The third-order valence-corrected chi connectivity index (χ3v) is 8.76. The topological polar surface area (TPSA) is 87.7 Å². The molecular formula is C36H37F3O5S. The van der Waals surface area contributed by atoms with Crippen molar-refractivity contribution in [2.75, 3.05) is 0 Å². The highest BCUT2D eigenvalue weighted by Crippen LogP contribution is 2.39. The average Bonchev–Trinajstić information content (AvgIpc) is 3.02. The molecule has 1 heterocycles. The minimum absolute atomic E-state index is 0.0831. The number of thioether (sulfide) groups is 1. The maximum absolute atomic E-state index is 13.4. The zero-order valence-electron chi connectivity index (χ0n) is 25.1. The molecule has 0 unspecified atom stereocenters. The number of aromatic carboxylic acids is 1. The Balaban J connectivity index is 1.54. The summed E-state index contributed by atoms with van der Waals surface area (Å²) in [6, 6.07) is 17.4. The maximum atomic E-state index is 13.4. The van der Waals surface area contributed by atoms with Crippen molar-refractivity contribution in [3.8, 4) is 0 Å². The molecule has 1 atom stereocenters. The van der Waals surface area contributed by atoms with Crippen LogP contribution in [0.5, 0.6) is 0 Å². The minimum atomic E-state index is -4.56. The minimum Gasteiger partial charge on any atom is -0.477 e. The molecule has 0 amide bonds. The van der Waals surface area contributed by atoms with Gasteiger partial charge in [-0.05, 0) is 66.3 Å². The van der Waals surface area contributed by atoms with Crippen molar-refractivity contribution in [1.29, 1.82) is 0 Å². The Morgan fingerprint density at radius 2 is 1.62 bits per heavy atom. The first-order valence-electron chi connectivity index (χ1n) is 15.2. The van der Waals surface area contributed by atoms with Gasteiger partial charge >= 0.3 is 12.1 Å². The molecule has 0 aliphatic rings. The van der Waals surface area contributed by atoms with Crippen LogP contribution < -0.4 is 5.43 Å². The quantitative estimate of drug-likeness (QED) is 0.0996. The molecule has 4 aromatic rings. The Morgan fingerprint density at radius 3 is 2.31 bits per heavy atom. The molecule has 2 N–H and O–H groups in total. The lowest BCUT2D eigenvalue weighted by Crippen LogP contribution is -2.13. The number of benzene rings is 3. The van der Waals surface area contributed by atoms with Crippen LogP contribution in [0.4, 0.5) is 13.2 Å². The van der Waals surface area contributed by atoms with E-state index in [2.05, 4.69) is 19.1 Å². The van der Waals surface area contributed by atoms with E-state index in [-0.39, 0.29) is 16.5 Å². The Kier molecular flexibility index (Phi) is 12.1. The molecule has 45 heavy (non-hydrogen) atoms. The summed E-state index contributed by atoms with van der Waals surface area (Å²) in [4.78, 5) is 24.8. The van der Waals surface area contributed by atoms with Crippen LogP contribution in [-0.4, -0.2) is 16.2 Å². The van der Waals surface area contributed by atoms with Gasteiger partial charge in [0, 0.05) is 9.80 Å². The molecule has 9 heteroatoms. The van der Waals surface area contributed by atoms with Crippen molar-refractivity contribution >= 4 is 28.7 Å². The smallest absolute Gasteiger partial charge is 0.416 e. The number of fused-ring (bicyclic) bond motifs is 1. The van der Waals surface area contributed by atoms with Crippen LogP contribution in [0.1, 0.15) is 90.6 Å². The number of aliphatic hydroxyl groups excluding tert-OH is 1. The second-order valence-corrected chi connectivity index (χ2v) is 12.2. The Labute approximate surface area is 264 Å². The van der Waals surface area contributed by atoms with Crippen LogP contribution in [0, 0.1) is 0 Å². The van der Waals surface area contributed by atoms with E-state index in [0.29, 0.717) is 16.2 Å². The van der Waals surface area contributed by atoms with Gasteiger partial charge in [-0.2, -0.15) is 13.2 Å². The Morgan fingerprint density at radius 1 is 0.933 bits per heavy atom. The zero-order chi connectivity index (χ0) is 32.4. The van der Waals surface area contributed by atoms with E-state index in [4.69, 9.17) is 4.42 Å². The third kappa shape index (κ3) is 9.58. The van der Waals surface area contributed by atoms with Crippen LogP contribution in [0.15, 0.2) is 98.1 Å². The van der Waals surface area contributed by atoms with E-state index in [1.807, 2.05) is 12.1 Å². The molecule has 0 aliphatic heterocycles. The molecule has 0 saturated heterocycles. The van der Waals surface area contributed by atoms with Gasteiger partial charge in [0.2, 0.25) is 5.43 Å². The lowest BCUT2D eigenvalue weighted by molar-refractivity contribution is -0.137. The van der Waals surface area contributed by atoms with Gasteiger partial charge in [0.15, 0.2) is 0 Å². The van der Waals surface area contributed by atoms with Gasteiger partial charge in [0.25, 0.3) is 0 Å². The highest BCUT2D eigenvalue weighted by Gasteiger charge is 2.31. The standard InChI is InChI=1S/C36H37F3O5S/c1-2-3-4-5-6-7-8-10-24-13-15-25(16-14-24)17-20-32(33(40)26-11-9-12-27(21-26)36(37,38)39)45-28-18-19-29-31(22-28)44-23-30(34(29)41)35(42)43/h9,11-16,18-23,33,40H,2-8,10,17H2,1H3,(H,42,43)/t33-/m0/s1. The molecule has 0 radical (unpaired) electrons. The summed E-state index contributed by atoms with van der Waals surface area (Å²) in [7, 11) is 0. The van der Waals surface area contributed by atoms with Gasteiger partial charge in [-0.3, -0.25) is 4.79 Å². The Bertz CT molecular complexity index is 1680. The lowest BCUT2D eigenvalue weighted by Gasteiger charge is -2.17. The van der Waals surface area contributed by atoms with Crippen molar-refractivity contribution in [2.24, 2.45) is 0 Å². The number of aliphatic hydroxyl groups is 1. The molecule has 0 bridgehead atoms. The van der Waals surface area contributed by atoms with E-state index in [0.717, 1.165) is 48.6 Å². The summed E-state index contributed by atoms with van der Waals surface area (Å²) in [5.74, 6) is -1.40. The fraction of sp³-hybridized carbons (Fsp3) is 0.333. The molecule has 0 aliphatic carbocycles. The molecule has 0 spiro atoms. The van der Waals surface area contributed by atoms with E-state index in [1.54, 1.807) is 18.2 Å². The first-order valence-corrected chi connectivity index (χ1v) is 16.0. The predicted molar refractivity (Wildman–Crippen MR) is 172 cm³/mol. The molecule has 238 valence electrons. The first kappa shape index (κ1) is 34.1. The van der Waals surface area contributed by atoms with Crippen LogP contribution in [0.25, 0.3) is 11.0 Å². The molecule has 0 fully saturated rings. The van der Waals surface area contributed by atoms with Crippen molar-refractivity contribution in [1.82, 2.24) is 0 Å². The van der Waals surface area contributed by atoms with Crippen molar-refractivity contribution in [3.63, 3.8) is 0 Å². The van der Waals surface area contributed by atoms with Gasteiger partial charge < -0.3 is 14.6 Å². The zero-order valence-corrected chi connectivity index (χ0v) is 25.9. The third-order valence-electron chi connectivity index (χ3n) is 7.64. The lowest BCUT2D eigenvalue weighted by atomic mass is 10.0. The number of halogens is 3. The first-order chi connectivity index (χ1) is 21.6. The van der Waals surface area contributed by atoms with Gasteiger partial charge in [0.05, 0.1) is 10.9 Å². The molecule has 1 aromatic heterocycles. The summed E-state index contributed by atoms with van der Waals surface area (Å²) in [5, 5.41) is 20.6. The monoisotopic (exact) mass is 638 g/mol. The number of unbranched alkanes of at least 4 members (excludes halogenated alkanes) is 6. The van der Waals surface area contributed by atoms with Gasteiger partial charge in [0.1, 0.15) is 23.5 Å². The highest BCUT2D eigenvalue weighted by molar-refractivity contribution is 8.03. The molecule has 0 saturated carbocycles. The van der Waals surface area contributed by atoms with Gasteiger partial charge in [-0.25, -0.2) is 4.79 Å². The molecular weight excluding hydrogens is 601 g/mol. The van der Waals surface area contributed by atoms with Crippen LogP contribution in [0.2, 0.25) is 0 Å². The number of aryl methyl sites for hydroxylation is 1. The number of rotatable bonds is 15. The number of hydrogen-bond acceptors (Lipinski definition) is 5. The summed E-state index contributed by atoms with van der Waals surface area (Å²) < 4.78 is 45.7. The number of carboxylic acids is 1. The molecule has 4 rings (SSSR count). The summed E-state index contributed by atoms with van der Waals surface area (Å²) in [6.07, 6.45) is 6.91. The fourth-order valence-corrected chi connectivity index (χ4v) is 6.05. The van der Waals surface area contributed by atoms with Crippen LogP contribution in [0.3, 0.4) is 0 Å². The van der Waals surface area contributed by atoms with Crippen molar-refractivity contribution in [2.45, 2.75) is 81.9 Å². The summed E-state index contributed by atoms with van der Waals surface area (Å²) in [5.41, 5.74) is 0.442. The Hall–Kier alpha value is -3.82. The molecule has 3 aromatic carbocycles. The van der Waals surface area contributed by atoms with E-state index < -0.39 is 34.8 Å². The number of allylic oxidation sites excluding steroid dienone is 1. The fourth-order valence-electron chi connectivity index (χ4n) is 5.06. The predicted octanol–water partition coefficient (Wildman–Crippen LogP) is 9.76. The van der Waals surface area contributed by atoms with Gasteiger partial charge in [-0.1, -0.05) is 99.7 Å². The maximum Gasteiger partial charge on any atom is 0.416 e. The van der Waals surface area contributed by atoms with E-state index >= 15 is 0 Å². The van der Waals surface area contributed by atoms with E-state index in [1.165, 1.54) is 62.3 Å². The number of carbonyl (C=O) groups is 1. The second-order valence-electron chi connectivity index (χ2n) is 11.1. The number of alkyl halides is 3. The number of hydrogen-bond donors (Lipinski definition) is 2. The second kappa shape index (κ2) is 16.0.